The van der Waals surface area contributed by atoms with Crippen LogP contribution in [-0.2, 0) is 0 Å². The number of thiophene rings is 1. The van der Waals surface area contributed by atoms with Gasteiger partial charge in [-0.05, 0) is 35.7 Å². The first kappa shape index (κ1) is 14.0. The predicted octanol–water partition coefficient (Wildman–Crippen LogP) is 4.00. The fourth-order valence-electron chi connectivity index (χ4n) is 2.62. The number of nitrogens with one attached hydrogen (secondary N) is 1. The second-order valence-corrected chi connectivity index (χ2v) is 5.71. The van der Waals surface area contributed by atoms with Gasteiger partial charge >= 0.3 is 0 Å². The molecule has 0 bridgehead atoms. The Morgan fingerprint density at radius 3 is 2.95 bits per heavy atom. The second kappa shape index (κ2) is 6.24. The minimum Gasteiger partial charge on any atom is -0.496 e. The van der Waals surface area contributed by atoms with Gasteiger partial charge in [-0.25, -0.2) is 0 Å². The van der Waals surface area contributed by atoms with Crippen LogP contribution >= 0.6 is 11.3 Å². The number of pyridine rings is 1. The lowest BCUT2D eigenvalue weighted by atomic mass is 9.99. The normalized spacial score (nSPS) is 12.5. The van der Waals surface area contributed by atoms with E-state index in [4.69, 9.17) is 4.74 Å². The fourth-order valence-corrected chi connectivity index (χ4v) is 3.57. The highest BCUT2D eigenvalue weighted by molar-refractivity contribution is 7.10. The van der Waals surface area contributed by atoms with Crippen LogP contribution in [-0.4, -0.2) is 18.6 Å². The molecule has 1 N–H and O–H groups in total. The zero-order valence-electron chi connectivity index (χ0n) is 12.2. The van der Waals surface area contributed by atoms with Crippen molar-refractivity contribution in [3.8, 4) is 5.75 Å². The number of ether oxygens (including phenoxy) is 1. The van der Waals surface area contributed by atoms with E-state index in [0.717, 1.165) is 17.8 Å². The van der Waals surface area contributed by atoms with E-state index in [-0.39, 0.29) is 6.04 Å². The van der Waals surface area contributed by atoms with Gasteiger partial charge in [0.05, 0.1) is 23.5 Å². The third-order valence-electron chi connectivity index (χ3n) is 3.54. The maximum Gasteiger partial charge on any atom is 0.134 e. The highest BCUT2D eigenvalue weighted by Gasteiger charge is 2.20. The Balaban J connectivity index is 2.16. The first-order valence-electron chi connectivity index (χ1n) is 7.03. The maximum absolute atomic E-state index is 5.50. The van der Waals surface area contributed by atoms with Gasteiger partial charge in [-0.1, -0.05) is 25.1 Å². The number of methoxy groups -OCH3 is 1. The number of rotatable bonds is 5. The summed E-state index contributed by atoms with van der Waals surface area (Å²) in [6, 6.07) is 12.5. The van der Waals surface area contributed by atoms with E-state index in [1.54, 1.807) is 18.4 Å². The molecule has 2 aromatic heterocycles. The molecule has 0 aliphatic rings. The van der Waals surface area contributed by atoms with Crippen LogP contribution in [0.15, 0.2) is 48.0 Å². The van der Waals surface area contributed by atoms with E-state index < -0.39 is 0 Å². The van der Waals surface area contributed by atoms with E-state index in [1.807, 2.05) is 24.4 Å². The van der Waals surface area contributed by atoms with Gasteiger partial charge in [-0.2, -0.15) is 0 Å². The minimum absolute atomic E-state index is 0.123. The summed E-state index contributed by atoms with van der Waals surface area (Å²) >= 11 is 1.72. The molecule has 1 aromatic carbocycles. The molecule has 0 fully saturated rings. The van der Waals surface area contributed by atoms with Crippen LogP contribution in [0.5, 0.6) is 5.75 Å². The van der Waals surface area contributed by atoms with Crippen molar-refractivity contribution >= 4 is 22.2 Å². The van der Waals surface area contributed by atoms with Crippen molar-refractivity contribution < 1.29 is 4.74 Å². The molecule has 0 aliphatic heterocycles. The summed E-state index contributed by atoms with van der Waals surface area (Å²) in [6.07, 6.45) is 1.83. The standard InChI is InChI=1S/C17H18N2OS/c1-3-18-16(17-15(20-2)9-11-21-17)13-6-4-8-14-12(13)7-5-10-19-14/h4-11,16,18H,3H2,1-2H3. The summed E-state index contributed by atoms with van der Waals surface area (Å²) in [6.45, 7) is 3.01. The highest BCUT2D eigenvalue weighted by atomic mass is 32.1. The second-order valence-electron chi connectivity index (χ2n) is 4.76. The Morgan fingerprint density at radius 1 is 1.24 bits per heavy atom. The molecular formula is C17H18N2OS. The molecule has 0 amide bonds. The average Bonchev–Trinajstić information content (AvgIpc) is 3.00. The van der Waals surface area contributed by atoms with E-state index in [1.165, 1.54) is 15.8 Å². The van der Waals surface area contributed by atoms with Gasteiger partial charge in [-0.3, -0.25) is 4.98 Å². The van der Waals surface area contributed by atoms with Crippen molar-refractivity contribution in [2.24, 2.45) is 0 Å². The Hall–Kier alpha value is -1.91. The molecule has 21 heavy (non-hydrogen) atoms. The molecule has 4 heteroatoms. The van der Waals surface area contributed by atoms with E-state index >= 15 is 0 Å². The number of hydrogen-bond donors (Lipinski definition) is 1. The minimum atomic E-state index is 0.123. The summed E-state index contributed by atoms with van der Waals surface area (Å²) < 4.78 is 5.50. The first-order valence-corrected chi connectivity index (χ1v) is 7.91. The number of nitrogens with zero attached hydrogens (tertiary/aromatic N) is 1. The topological polar surface area (TPSA) is 34.1 Å². The van der Waals surface area contributed by atoms with Crippen LogP contribution in [0.1, 0.15) is 23.4 Å². The Bertz CT molecular complexity index is 733. The third-order valence-corrected chi connectivity index (χ3v) is 4.50. The predicted molar refractivity (Wildman–Crippen MR) is 88.1 cm³/mol. The van der Waals surface area contributed by atoms with Crippen LogP contribution in [0.3, 0.4) is 0 Å². The van der Waals surface area contributed by atoms with Gasteiger partial charge in [-0.15, -0.1) is 11.3 Å². The van der Waals surface area contributed by atoms with Crippen LogP contribution in [0.4, 0.5) is 0 Å². The van der Waals surface area contributed by atoms with Crippen molar-refractivity contribution in [2.45, 2.75) is 13.0 Å². The Labute approximate surface area is 128 Å². The molecular weight excluding hydrogens is 280 g/mol. The summed E-state index contributed by atoms with van der Waals surface area (Å²) in [5.41, 5.74) is 2.26. The van der Waals surface area contributed by atoms with Crippen LogP contribution < -0.4 is 10.1 Å². The lowest BCUT2D eigenvalue weighted by Crippen LogP contribution is -2.21. The fraction of sp³-hybridized carbons (Fsp3) is 0.235. The molecule has 0 saturated carbocycles. The molecule has 3 aromatic rings. The van der Waals surface area contributed by atoms with Gasteiger partial charge in [0.1, 0.15) is 5.75 Å². The molecule has 0 saturated heterocycles. The smallest absolute Gasteiger partial charge is 0.134 e. The van der Waals surface area contributed by atoms with Crippen molar-refractivity contribution in [3.05, 3.63) is 58.4 Å². The average molecular weight is 298 g/mol. The largest absolute Gasteiger partial charge is 0.496 e. The summed E-state index contributed by atoms with van der Waals surface area (Å²) in [7, 11) is 1.72. The molecule has 1 atom stereocenters. The lowest BCUT2D eigenvalue weighted by molar-refractivity contribution is 0.408. The van der Waals surface area contributed by atoms with Crippen LogP contribution in [0.25, 0.3) is 10.9 Å². The Morgan fingerprint density at radius 2 is 2.14 bits per heavy atom. The van der Waals surface area contributed by atoms with E-state index in [2.05, 4.69) is 40.8 Å². The molecule has 1 unspecified atom stereocenters. The molecule has 0 spiro atoms. The molecule has 0 radical (unpaired) electrons. The van der Waals surface area contributed by atoms with Gasteiger partial charge < -0.3 is 10.1 Å². The van der Waals surface area contributed by atoms with Crippen LogP contribution in [0, 0.1) is 0 Å². The molecule has 108 valence electrons. The van der Waals surface area contributed by atoms with Gasteiger partial charge in [0.15, 0.2) is 0 Å². The van der Waals surface area contributed by atoms with Crippen molar-refractivity contribution in [1.29, 1.82) is 0 Å². The SMILES string of the molecule is CCNC(c1sccc1OC)c1cccc2ncccc12. The Kier molecular flexibility index (Phi) is 4.18. The van der Waals surface area contributed by atoms with E-state index in [9.17, 15) is 0 Å². The van der Waals surface area contributed by atoms with Gasteiger partial charge in [0, 0.05) is 11.6 Å². The number of hydrogen-bond acceptors (Lipinski definition) is 4. The summed E-state index contributed by atoms with van der Waals surface area (Å²) in [5, 5.41) is 6.82. The van der Waals surface area contributed by atoms with Gasteiger partial charge in [0.25, 0.3) is 0 Å². The summed E-state index contributed by atoms with van der Waals surface area (Å²) in [4.78, 5) is 5.66. The highest BCUT2D eigenvalue weighted by Crippen LogP contribution is 2.36. The number of fused-ring (bicyclic) bond motifs is 1. The molecule has 2 heterocycles. The quantitative estimate of drug-likeness (QED) is 0.773. The first-order chi connectivity index (χ1) is 10.3. The van der Waals surface area contributed by atoms with Crippen molar-refractivity contribution in [2.75, 3.05) is 13.7 Å². The summed E-state index contributed by atoms with van der Waals surface area (Å²) in [5.74, 6) is 0.937. The van der Waals surface area contributed by atoms with Gasteiger partial charge in [0.2, 0.25) is 0 Å². The molecule has 3 nitrogen and oxygen atoms in total. The molecule has 0 aliphatic carbocycles. The van der Waals surface area contributed by atoms with Crippen molar-refractivity contribution in [1.82, 2.24) is 10.3 Å². The maximum atomic E-state index is 5.50. The lowest BCUT2D eigenvalue weighted by Gasteiger charge is -2.20. The monoisotopic (exact) mass is 298 g/mol. The van der Waals surface area contributed by atoms with Crippen LogP contribution in [0.2, 0.25) is 0 Å². The van der Waals surface area contributed by atoms with Crippen molar-refractivity contribution in [3.63, 3.8) is 0 Å². The zero-order chi connectivity index (χ0) is 14.7. The third kappa shape index (κ3) is 2.64. The number of benzene rings is 1. The zero-order valence-corrected chi connectivity index (χ0v) is 13.0. The molecule has 3 rings (SSSR count). The number of aromatic nitrogens is 1. The van der Waals surface area contributed by atoms with E-state index in [0.29, 0.717) is 0 Å².